The van der Waals surface area contributed by atoms with Crippen molar-refractivity contribution in [1.29, 1.82) is 0 Å². The van der Waals surface area contributed by atoms with Gasteiger partial charge in [-0.05, 0) is 12.1 Å². The third kappa shape index (κ3) is 7.75. The Morgan fingerprint density at radius 3 is 2.47 bits per heavy atom. The van der Waals surface area contributed by atoms with Crippen LogP contribution in [0, 0.1) is 0 Å². The first-order valence-corrected chi connectivity index (χ1v) is 4.91. The normalized spacial score (nSPS) is 12.3. The van der Waals surface area contributed by atoms with Crippen molar-refractivity contribution in [2.24, 2.45) is 16.6 Å². The molecule has 0 saturated heterocycles. The standard InChI is InChI=1S/C9H20N4O2/c1-6(2)12-8(7(3)14)4-5-15-13-9(10)11/h6,8,12H,4-5H2,1-3H3,(H4,10,11,13). The van der Waals surface area contributed by atoms with Crippen molar-refractivity contribution >= 4 is 11.7 Å². The average molecular weight is 216 g/mol. The Morgan fingerprint density at radius 2 is 2.07 bits per heavy atom. The van der Waals surface area contributed by atoms with Crippen molar-refractivity contribution < 1.29 is 9.63 Å². The predicted octanol–water partition coefficient (Wildman–Crippen LogP) is -0.463. The molecule has 88 valence electrons. The second-order valence-corrected chi connectivity index (χ2v) is 3.62. The van der Waals surface area contributed by atoms with Crippen LogP contribution in [0.4, 0.5) is 0 Å². The van der Waals surface area contributed by atoms with Gasteiger partial charge in [0.05, 0.1) is 6.04 Å². The number of nitrogens with two attached hydrogens (primary N) is 2. The van der Waals surface area contributed by atoms with Gasteiger partial charge in [-0.15, -0.1) is 0 Å². The Balaban J connectivity index is 3.87. The molecule has 0 aromatic carbocycles. The zero-order valence-corrected chi connectivity index (χ0v) is 9.49. The average Bonchev–Trinajstić information content (AvgIpc) is 2.08. The lowest BCUT2D eigenvalue weighted by atomic mass is 10.1. The number of guanidine groups is 1. The van der Waals surface area contributed by atoms with Gasteiger partial charge in [0.15, 0.2) is 0 Å². The van der Waals surface area contributed by atoms with Crippen LogP contribution in [0.2, 0.25) is 0 Å². The van der Waals surface area contributed by atoms with Gasteiger partial charge in [-0.1, -0.05) is 13.8 Å². The van der Waals surface area contributed by atoms with Gasteiger partial charge < -0.3 is 21.6 Å². The molecule has 1 atom stereocenters. The molecule has 0 heterocycles. The van der Waals surface area contributed by atoms with Gasteiger partial charge in [-0.3, -0.25) is 4.79 Å². The Bertz CT molecular complexity index is 224. The van der Waals surface area contributed by atoms with Crippen LogP contribution in [0.25, 0.3) is 0 Å². The molecule has 0 aliphatic carbocycles. The molecule has 6 nitrogen and oxygen atoms in total. The Morgan fingerprint density at radius 1 is 1.47 bits per heavy atom. The molecule has 0 rings (SSSR count). The maximum absolute atomic E-state index is 11.2. The third-order valence-corrected chi connectivity index (χ3v) is 1.69. The summed E-state index contributed by atoms with van der Waals surface area (Å²) in [6.07, 6.45) is 0.546. The van der Waals surface area contributed by atoms with Crippen LogP contribution in [0.15, 0.2) is 5.16 Å². The Hall–Kier alpha value is -1.30. The molecule has 0 fully saturated rings. The summed E-state index contributed by atoms with van der Waals surface area (Å²) in [6.45, 7) is 5.81. The molecule has 1 unspecified atom stereocenters. The number of hydrogen-bond acceptors (Lipinski definition) is 4. The minimum atomic E-state index is -0.209. The largest absolute Gasteiger partial charge is 0.393 e. The SMILES string of the molecule is CC(=O)C(CCON=C(N)N)NC(C)C. The van der Waals surface area contributed by atoms with Crippen molar-refractivity contribution in [2.45, 2.75) is 39.3 Å². The van der Waals surface area contributed by atoms with Crippen molar-refractivity contribution in [3.8, 4) is 0 Å². The predicted molar refractivity (Wildman–Crippen MR) is 59.1 cm³/mol. The molecule has 5 N–H and O–H groups in total. The second-order valence-electron chi connectivity index (χ2n) is 3.62. The summed E-state index contributed by atoms with van der Waals surface area (Å²) in [5, 5.41) is 6.50. The van der Waals surface area contributed by atoms with Gasteiger partial charge in [0.1, 0.15) is 12.4 Å². The lowest BCUT2D eigenvalue weighted by molar-refractivity contribution is -0.119. The van der Waals surface area contributed by atoms with Crippen LogP contribution < -0.4 is 16.8 Å². The third-order valence-electron chi connectivity index (χ3n) is 1.69. The number of rotatable bonds is 7. The summed E-state index contributed by atoms with van der Waals surface area (Å²) in [5.74, 6) is -0.0387. The summed E-state index contributed by atoms with van der Waals surface area (Å²) >= 11 is 0. The van der Waals surface area contributed by atoms with Crippen LogP contribution in [-0.4, -0.2) is 30.4 Å². The van der Waals surface area contributed by atoms with E-state index in [0.29, 0.717) is 13.0 Å². The highest BCUT2D eigenvalue weighted by Gasteiger charge is 2.14. The van der Waals surface area contributed by atoms with Crippen molar-refractivity contribution in [2.75, 3.05) is 6.61 Å². The first-order chi connectivity index (χ1) is 6.93. The number of nitrogens with one attached hydrogen (secondary N) is 1. The minimum Gasteiger partial charge on any atom is -0.393 e. The molecule has 0 bridgehead atoms. The van der Waals surface area contributed by atoms with Crippen LogP contribution in [-0.2, 0) is 9.63 Å². The molecular formula is C9H20N4O2. The minimum absolute atomic E-state index is 0.0806. The van der Waals surface area contributed by atoms with Gasteiger partial charge in [0, 0.05) is 12.5 Å². The summed E-state index contributed by atoms with van der Waals surface area (Å²) in [5.41, 5.74) is 10.1. The van der Waals surface area contributed by atoms with Gasteiger partial charge >= 0.3 is 0 Å². The monoisotopic (exact) mass is 216 g/mol. The first-order valence-electron chi connectivity index (χ1n) is 4.91. The van der Waals surface area contributed by atoms with E-state index >= 15 is 0 Å². The summed E-state index contributed by atoms with van der Waals surface area (Å²) in [4.78, 5) is 16.0. The molecule has 15 heavy (non-hydrogen) atoms. The van der Waals surface area contributed by atoms with Gasteiger partial charge in [0.25, 0.3) is 0 Å². The molecule has 6 heteroatoms. The fraction of sp³-hybridized carbons (Fsp3) is 0.778. The Kier molecular flexibility index (Phi) is 6.44. The maximum Gasteiger partial charge on any atom is 0.228 e. The number of hydrogen-bond donors (Lipinski definition) is 3. The van der Waals surface area contributed by atoms with Gasteiger partial charge in [-0.25, -0.2) is 0 Å². The fourth-order valence-electron chi connectivity index (χ4n) is 1.10. The van der Waals surface area contributed by atoms with E-state index in [9.17, 15) is 4.79 Å². The van der Waals surface area contributed by atoms with E-state index in [4.69, 9.17) is 16.3 Å². The fourth-order valence-corrected chi connectivity index (χ4v) is 1.10. The van der Waals surface area contributed by atoms with Gasteiger partial charge in [-0.2, -0.15) is 0 Å². The zero-order valence-electron chi connectivity index (χ0n) is 9.49. The highest BCUT2D eigenvalue weighted by atomic mass is 16.6. The van der Waals surface area contributed by atoms with Crippen LogP contribution in [0.1, 0.15) is 27.2 Å². The van der Waals surface area contributed by atoms with Crippen LogP contribution >= 0.6 is 0 Å². The molecule has 0 aromatic heterocycles. The maximum atomic E-state index is 11.2. The van der Waals surface area contributed by atoms with Crippen molar-refractivity contribution in [3.05, 3.63) is 0 Å². The lowest BCUT2D eigenvalue weighted by Gasteiger charge is -2.17. The lowest BCUT2D eigenvalue weighted by Crippen LogP contribution is -2.40. The quantitative estimate of drug-likeness (QED) is 0.231. The summed E-state index contributed by atoms with van der Waals surface area (Å²) in [7, 11) is 0. The molecule has 0 aliphatic rings. The van der Waals surface area contributed by atoms with Crippen molar-refractivity contribution in [1.82, 2.24) is 5.32 Å². The number of carbonyl (C=O) groups is 1. The highest BCUT2D eigenvalue weighted by molar-refractivity contribution is 5.81. The molecule has 0 spiro atoms. The summed E-state index contributed by atoms with van der Waals surface area (Å²) in [6, 6.07) is 0.0428. The summed E-state index contributed by atoms with van der Waals surface area (Å²) < 4.78 is 0. The molecular weight excluding hydrogens is 196 g/mol. The number of ketones is 1. The van der Waals surface area contributed by atoms with Crippen LogP contribution in [0.3, 0.4) is 0 Å². The number of carbonyl (C=O) groups excluding carboxylic acids is 1. The number of Topliss-reactive ketones (excluding diaryl/α,β-unsaturated/α-hetero) is 1. The van der Waals surface area contributed by atoms with E-state index in [1.807, 2.05) is 13.8 Å². The van der Waals surface area contributed by atoms with E-state index in [1.165, 1.54) is 0 Å². The number of oxime groups is 1. The molecule has 0 radical (unpaired) electrons. The molecule has 0 aromatic rings. The van der Waals surface area contributed by atoms with E-state index in [0.717, 1.165) is 0 Å². The van der Waals surface area contributed by atoms with E-state index < -0.39 is 0 Å². The van der Waals surface area contributed by atoms with E-state index in [-0.39, 0.29) is 23.8 Å². The topological polar surface area (TPSA) is 103 Å². The number of nitrogens with zero attached hydrogens (tertiary/aromatic N) is 1. The van der Waals surface area contributed by atoms with Crippen LogP contribution in [0.5, 0.6) is 0 Å². The second kappa shape index (κ2) is 7.05. The van der Waals surface area contributed by atoms with Gasteiger partial charge in [0.2, 0.25) is 5.96 Å². The molecule has 0 amide bonds. The Labute approximate surface area is 90.0 Å². The van der Waals surface area contributed by atoms with Crippen molar-refractivity contribution in [3.63, 3.8) is 0 Å². The zero-order chi connectivity index (χ0) is 11.8. The smallest absolute Gasteiger partial charge is 0.228 e. The van der Waals surface area contributed by atoms with E-state index in [1.54, 1.807) is 6.92 Å². The highest BCUT2D eigenvalue weighted by Crippen LogP contribution is 1.97. The molecule has 0 saturated carbocycles. The molecule has 0 aliphatic heterocycles. The van der Waals surface area contributed by atoms with E-state index in [2.05, 4.69) is 10.5 Å². The first kappa shape index (κ1) is 13.7.